The minimum Gasteiger partial charge on any atom is -0.368 e. The number of hydrogen-bond acceptors (Lipinski definition) is 4. The van der Waals surface area contributed by atoms with Gasteiger partial charge in [-0.1, -0.05) is 48.5 Å². The van der Waals surface area contributed by atoms with Gasteiger partial charge in [0.15, 0.2) is 0 Å². The van der Waals surface area contributed by atoms with Crippen LogP contribution in [0.25, 0.3) is 21.5 Å². The number of anilines is 2. The zero-order chi connectivity index (χ0) is 17.3. The summed E-state index contributed by atoms with van der Waals surface area (Å²) in [6.45, 7) is 8.51. The van der Waals surface area contributed by atoms with Crippen LogP contribution in [0.3, 0.4) is 0 Å². The molecule has 0 amide bonds. The Balaban J connectivity index is 1.82. The summed E-state index contributed by atoms with van der Waals surface area (Å²) < 4.78 is 0. The Morgan fingerprint density at radius 1 is 0.500 bits per heavy atom. The number of piperazine rings is 2. The van der Waals surface area contributed by atoms with Crippen LogP contribution in [0.1, 0.15) is 0 Å². The van der Waals surface area contributed by atoms with Crippen molar-refractivity contribution in [1.82, 2.24) is 10.6 Å². The first-order valence-electron chi connectivity index (χ1n) is 9.78. The molecule has 0 aliphatic carbocycles. The molecule has 134 valence electrons. The molecule has 2 aliphatic rings. The van der Waals surface area contributed by atoms with E-state index in [0.29, 0.717) is 0 Å². The van der Waals surface area contributed by atoms with Crippen LogP contribution in [-0.2, 0) is 0 Å². The summed E-state index contributed by atoms with van der Waals surface area (Å²) in [6.07, 6.45) is 0. The molecule has 2 fully saturated rings. The third-order valence-electron chi connectivity index (χ3n) is 5.74. The van der Waals surface area contributed by atoms with E-state index in [4.69, 9.17) is 0 Å². The molecule has 0 bridgehead atoms. The van der Waals surface area contributed by atoms with Crippen molar-refractivity contribution in [3.05, 3.63) is 48.5 Å². The molecule has 0 aromatic heterocycles. The molecule has 3 aromatic rings. The molecule has 0 spiro atoms. The van der Waals surface area contributed by atoms with Crippen molar-refractivity contribution in [2.45, 2.75) is 0 Å². The number of nitrogens with one attached hydrogen (secondary N) is 2. The van der Waals surface area contributed by atoms with Crippen LogP contribution < -0.4 is 20.4 Å². The topological polar surface area (TPSA) is 30.5 Å². The molecule has 4 heteroatoms. The van der Waals surface area contributed by atoms with Gasteiger partial charge in [0, 0.05) is 73.9 Å². The molecular weight excluding hydrogens is 320 g/mol. The van der Waals surface area contributed by atoms with Crippen molar-refractivity contribution < 1.29 is 0 Å². The lowest BCUT2D eigenvalue weighted by Gasteiger charge is -2.35. The molecule has 4 nitrogen and oxygen atoms in total. The molecule has 2 saturated heterocycles. The van der Waals surface area contributed by atoms with Gasteiger partial charge in [0.25, 0.3) is 0 Å². The van der Waals surface area contributed by atoms with E-state index in [-0.39, 0.29) is 0 Å². The minimum absolute atomic E-state index is 1.06. The standard InChI is InChI=1S/C22H26N4/c1-2-6-18-17(5-1)21(25-13-9-23-10-14-25)19-7-3-4-8-20(19)22(18)26-15-11-24-12-16-26/h1-8,23-24H,9-16H2. The lowest BCUT2D eigenvalue weighted by atomic mass is 9.96. The van der Waals surface area contributed by atoms with Gasteiger partial charge >= 0.3 is 0 Å². The number of fused-ring (bicyclic) bond motifs is 2. The normalized spacial score (nSPS) is 18.6. The smallest absolute Gasteiger partial charge is 0.0528 e. The van der Waals surface area contributed by atoms with Gasteiger partial charge in [0.1, 0.15) is 0 Å². The van der Waals surface area contributed by atoms with E-state index < -0.39 is 0 Å². The number of hydrogen-bond donors (Lipinski definition) is 2. The summed E-state index contributed by atoms with van der Waals surface area (Å²) in [7, 11) is 0. The molecule has 2 aliphatic heterocycles. The summed E-state index contributed by atoms with van der Waals surface area (Å²) in [5.41, 5.74) is 2.83. The first-order valence-corrected chi connectivity index (χ1v) is 9.78. The van der Waals surface area contributed by atoms with Crippen LogP contribution >= 0.6 is 0 Å². The van der Waals surface area contributed by atoms with Crippen molar-refractivity contribution in [3.8, 4) is 0 Å². The van der Waals surface area contributed by atoms with E-state index in [1.165, 1.54) is 32.9 Å². The van der Waals surface area contributed by atoms with Gasteiger partial charge in [-0.2, -0.15) is 0 Å². The second-order valence-electron chi connectivity index (χ2n) is 7.26. The highest BCUT2D eigenvalue weighted by Gasteiger charge is 2.22. The number of benzene rings is 3. The Kier molecular flexibility index (Phi) is 4.15. The quantitative estimate of drug-likeness (QED) is 0.699. The fourth-order valence-electron chi connectivity index (χ4n) is 4.54. The summed E-state index contributed by atoms with van der Waals surface area (Å²) in [5.74, 6) is 0. The minimum atomic E-state index is 1.06. The van der Waals surface area contributed by atoms with Crippen LogP contribution in [0.2, 0.25) is 0 Å². The van der Waals surface area contributed by atoms with E-state index in [9.17, 15) is 0 Å². The van der Waals surface area contributed by atoms with Gasteiger partial charge in [0.2, 0.25) is 0 Å². The Morgan fingerprint density at radius 3 is 1.12 bits per heavy atom. The lowest BCUT2D eigenvalue weighted by molar-refractivity contribution is 0.590. The van der Waals surface area contributed by atoms with Crippen molar-refractivity contribution in [2.75, 3.05) is 62.2 Å². The average molecular weight is 346 g/mol. The summed E-state index contributed by atoms with van der Waals surface area (Å²) in [6, 6.07) is 18.0. The fraction of sp³-hybridized carbons (Fsp3) is 0.364. The van der Waals surface area contributed by atoms with Crippen molar-refractivity contribution in [3.63, 3.8) is 0 Å². The fourth-order valence-corrected chi connectivity index (χ4v) is 4.54. The van der Waals surface area contributed by atoms with Crippen LogP contribution in [0.4, 0.5) is 11.4 Å². The van der Waals surface area contributed by atoms with Crippen molar-refractivity contribution >= 4 is 32.9 Å². The molecule has 3 aromatic carbocycles. The molecule has 5 rings (SSSR count). The van der Waals surface area contributed by atoms with Crippen LogP contribution in [0, 0.1) is 0 Å². The second kappa shape index (κ2) is 6.78. The number of rotatable bonds is 2. The molecule has 0 saturated carbocycles. The van der Waals surface area contributed by atoms with Gasteiger partial charge in [-0.05, 0) is 0 Å². The molecule has 0 atom stereocenters. The van der Waals surface area contributed by atoms with Crippen molar-refractivity contribution in [2.24, 2.45) is 0 Å². The van der Waals surface area contributed by atoms with E-state index in [1.54, 1.807) is 0 Å². The highest BCUT2D eigenvalue weighted by Crippen LogP contribution is 2.43. The molecule has 0 unspecified atom stereocenters. The van der Waals surface area contributed by atoms with E-state index in [0.717, 1.165) is 52.4 Å². The van der Waals surface area contributed by atoms with Gasteiger partial charge < -0.3 is 20.4 Å². The third kappa shape index (κ3) is 2.61. The van der Waals surface area contributed by atoms with Gasteiger partial charge in [0.05, 0.1) is 11.4 Å². The lowest BCUT2D eigenvalue weighted by Crippen LogP contribution is -2.44. The zero-order valence-electron chi connectivity index (χ0n) is 15.2. The Labute approximate surface area is 154 Å². The maximum absolute atomic E-state index is 3.49. The molecule has 26 heavy (non-hydrogen) atoms. The van der Waals surface area contributed by atoms with Gasteiger partial charge in [-0.15, -0.1) is 0 Å². The second-order valence-corrected chi connectivity index (χ2v) is 7.26. The molecular formula is C22H26N4. The highest BCUT2D eigenvalue weighted by atomic mass is 15.2. The molecule has 2 heterocycles. The van der Waals surface area contributed by atoms with Crippen LogP contribution in [0.5, 0.6) is 0 Å². The van der Waals surface area contributed by atoms with E-state index in [1.807, 2.05) is 0 Å². The Bertz CT molecular complexity index is 791. The molecule has 2 N–H and O–H groups in total. The van der Waals surface area contributed by atoms with Crippen LogP contribution in [0.15, 0.2) is 48.5 Å². The average Bonchev–Trinajstić information content (AvgIpc) is 2.73. The van der Waals surface area contributed by atoms with Gasteiger partial charge in [-0.25, -0.2) is 0 Å². The summed E-state index contributed by atoms with van der Waals surface area (Å²) in [5, 5.41) is 12.5. The predicted molar refractivity (Wildman–Crippen MR) is 112 cm³/mol. The molecule has 0 radical (unpaired) electrons. The Morgan fingerprint density at radius 2 is 0.808 bits per heavy atom. The maximum atomic E-state index is 3.49. The third-order valence-corrected chi connectivity index (χ3v) is 5.74. The summed E-state index contributed by atoms with van der Waals surface area (Å²) in [4.78, 5) is 5.14. The zero-order valence-corrected chi connectivity index (χ0v) is 15.2. The van der Waals surface area contributed by atoms with Crippen LogP contribution in [-0.4, -0.2) is 52.4 Å². The first kappa shape index (κ1) is 15.9. The first-order chi connectivity index (χ1) is 12.9. The van der Waals surface area contributed by atoms with E-state index >= 15 is 0 Å². The predicted octanol–water partition coefficient (Wildman–Crippen LogP) is 2.81. The SMILES string of the molecule is c1ccc2c(N3CCNCC3)c3ccccc3c(N3CCNCC3)c2c1. The Hall–Kier alpha value is -2.30. The maximum Gasteiger partial charge on any atom is 0.0528 e. The highest BCUT2D eigenvalue weighted by molar-refractivity contribution is 6.20. The van der Waals surface area contributed by atoms with E-state index in [2.05, 4.69) is 69.0 Å². The van der Waals surface area contributed by atoms with Gasteiger partial charge in [-0.3, -0.25) is 0 Å². The summed E-state index contributed by atoms with van der Waals surface area (Å²) >= 11 is 0. The monoisotopic (exact) mass is 346 g/mol. The largest absolute Gasteiger partial charge is 0.368 e. The number of nitrogens with zero attached hydrogens (tertiary/aromatic N) is 2. The van der Waals surface area contributed by atoms with Crippen molar-refractivity contribution in [1.29, 1.82) is 0 Å².